The highest BCUT2D eigenvalue weighted by molar-refractivity contribution is 8.01. The summed E-state index contributed by atoms with van der Waals surface area (Å²) in [5, 5.41) is 6.75. The van der Waals surface area contributed by atoms with Gasteiger partial charge >= 0.3 is 0 Å². The lowest BCUT2D eigenvalue weighted by Gasteiger charge is -2.43. The van der Waals surface area contributed by atoms with E-state index in [1.807, 2.05) is 23.5 Å². The van der Waals surface area contributed by atoms with Gasteiger partial charge in [-0.25, -0.2) is 0 Å². The van der Waals surface area contributed by atoms with Crippen LogP contribution in [0.1, 0.15) is 0 Å². The molecule has 4 aromatic carbocycles. The summed E-state index contributed by atoms with van der Waals surface area (Å²) in [5.74, 6) is 0. The van der Waals surface area contributed by atoms with Gasteiger partial charge < -0.3 is 0 Å². The molecule has 0 fully saturated rings. The molecule has 0 radical (unpaired) electrons. The predicted molar refractivity (Wildman–Crippen MR) is 123 cm³/mol. The molecule has 28 heavy (non-hydrogen) atoms. The second-order valence-corrected chi connectivity index (χ2v) is 13.3. The van der Waals surface area contributed by atoms with Crippen LogP contribution in [0.15, 0.2) is 111 Å². The van der Waals surface area contributed by atoms with Crippen molar-refractivity contribution in [1.82, 2.24) is 0 Å². The SMILES string of the molecule is Clc1ccc2c(c1)Sc1ccccc1[Si]21c2ccccc2Sc2ccccc21. The Labute approximate surface area is 179 Å². The number of fused-ring (bicyclic) bond motifs is 8. The van der Waals surface area contributed by atoms with Crippen molar-refractivity contribution in [1.29, 1.82) is 0 Å². The van der Waals surface area contributed by atoms with Crippen LogP contribution >= 0.6 is 35.1 Å². The van der Waals surface area contributed by atoms with E-state index in [-0.39, 0.29) is 0 Å². The maximum absolute atomic E-state index is 6.43. The Morgan fingerprint density at radius 1 is 0.500 bits per heavy atom. The summed E-state index contributed by atoms with van der Waals surface area (Å²) in [7, 11) is -2.38. The van der Waals surface area contributed by atoms with Crippen LogP contribution in [0, 0.1) is 0 Å². The Hall–Kier alpha value is -1.91. The van der Waals surface area contributed by atoms with E-state index in [0.29, 0.717) is 0 Å². The lowest BCUT2D eigenvalue weighted by molar-refractivity contribution is 1.37. The van der Waals surface area contributed by atoms with Crippen LogP contribution in [0.25, 0.3) is 0 Å². The molecule has 2 aliphatic heterocycles. The summed E-state index contributed by atoms with van der Waals surface area (Å²) in [6.07, 6.45) is 0. The van der Waals surface area contributed by atoms with Crippen LogP contribution in [0.3, 0.4) is 0 Å². The number of hydrogen-bond donors (Lipinski definition) is 0. The molecule has 2 heterocycles. The zero-order chi connectivity index (χ0) is 18.7. The van der Waals surface area contributed by atoms with E-state index in [1.165, 1.54) is 40.3 Å². The minimum absolute atomic E-state index is 0.807. The Kier molecular flexibility index (Phi) is 3.82. The molecule has 0 N–H and O–H groups in total. The molecular weight excluding hydrogens is 416 g/mol. The summed E-state index contributed by atoms with van der Waals surface area (Å²) in [6, 6.07) is 33.5. The highest BCUT2D eigenvalue weighted by atomic mass is 35.5. The van der Waals surface area contributed by atoms with Gasteiger partial charge in [0, 0.05) is 24.6 Å². The number of rotatable bonds is 0. The highest BCUT2D eigenvalue weighted by Crippen LogP contribution is 2.39. The van der Waals surface area contributed by atoms with Crippen molar-refractivity contribution in [2.24, 2.45) is 0 Å². The van der Waals surface area contributed by atoms with E-state index >= 15 is 0 Å². The maximum atomic E-state index is 6.43. The second-order valence-electron chi connectivity index (χ2n) is 7.08. The lowest BCUT2D eigenvalue weighted by Crippen LogP contribution is -2.78. The van der Waals surface area contributed by atoms with Crippen molar-refractivity contribution in [2.75, 3.05) is 0 Å². The van der Waals surface area contributed by atoms with Crippen LogP contribution < -0.4 is 20.7 Å². The van der Waals surface area contributed by atoms with Gasteiger partial charge in [-0.05, 0) is 51.1 Å². The first kappa shape index (κ1) is 17.0. The summed E-state index contributed by atoms with van der Waals surface area (Å²) >= 11 is 10.2. The standard InChI is InChI=1S/C24H15ClS2Si/c25-16-13-14-24-20(15-16)27-19-9-3-6-12-23(19)28(24)21-10-4-1-7-17(21)26-18-8-2-5-11-22(18)28/h1-15H. The van der Waals surface area contributed by atoms with E-state index in [2.05, 4.69) is 91.0 Å². The van der Waals surface area contributed by atoms with Gasteiger partial charge in [-0.1, -0.05) is 95.8 Å². The molecule has 4 heteroatoms. The van der Waals surface area contributed by atoms with E-state index in [0.717, 1.165) is 5.02 Å². The predicted octanol–water partition coefficient (Wildman–Crippen LogP) is 4.65. The minimum Gasteiger partial charge on any atom is -0.0903 e. The van der Waals surface area contributed by atoms with Crippen LogP contribution in [0.5, 0.6) is 0 Å². The monoisotopic (exact) mass is 430 g/mol. The van der Waals surface area contributed by atoms with Crippen molar-refractivity contribution in [3.63, 3.8) is 0 Å². The molecule has 0 nitrogen and oxygen atoms in total. The third kappa shape index (κ3) is 2.22. The topological polar surface area (TPSA) is 0 Å². The largest absolute Gasteiger partial charge is 0.184 e. The zero-order valence-electron chi connectivity index (χ0n) is 14.9. The Bertz CT molecular complexity index is 1190. The molecule has 0 atom stereocenters. The molecule has 0 unspecified atom stereocenters. The van der Waals surface area contributed by atoms with Crippen LogP contribution in [0.2, 0.25) is 5.02 Å². The van der Waals surface area contributed by atoms with Gasteiger partial charge in [-0.2, -0.15) is 0 Å². The van der Waals surface area contributed by atoms with Gasteiger partial charge in [-0.15, -0.1) is 0 Å². The average molecular weight is 431 g/mol. The Morgan fingerprint density at radius 2 is 0.929 bits per heavy atom. The summed E-state index contributed by atoms with van der Waals surface area (Å²) in [4.78, 5) is 5.43. The van der Waals surface area contributed by atoms with Crippen LogP contribution in [-0.2, 0) is 0 Å². The number of hydrogen-bond acceptors (Lipinski definition) is 2. The first-order chi connectivity index (χ1) is 13.8. The van der Waals surface area contributed by atoms with E-state index in [1.54, 1.807) is 0 Å². The fourth-order valence-corrected chi connectivity index (χ4v) is 14.0. The summed E-state index contributed by atoms with van der Waals surface area (Å²) < 4.78 is 0. The van der Waals surface area contributed by atoms with Gasteiger partial charge in [0.2, 0.25) is 0 Å². The van der Waals surface area contributed by atoms with Gasteiger partial charge in [0.1, 0.15) is 0 Å². The highest BCUT2D eigenvalue weighted by Gasteiger charge is 2.50. The van der Waals surface area contributed by atoms with Crippen molar-refractivity contribution in [2.45, 2.75) is 19.6 Å². The number of halogens is 1. The Morgan fingerprint density at radius 3 is 1.46 bits per heavy atom. The summed E-state index contributed by atoms with van der Waals surface area (Å²) in [5.41, 5.74) is 0. The molecule has 4 aromatic rings. The van der Waals surface area contributed by atoms with Crippen molar-refractivity contribution in [3.05, 3.63) is 96.0 Å². The quantitative estimate of drug-likeness (QED) is 0.322. The molecule has 1 spiro atoms. The zero-order valence-corrected chi connectivity index (χ0v) is 18.2. The van der Waals surface area contributed by atoms with Gasteiger partial charge in [0.15, 0.2) is 8.07 Å². The smallest absolute Gasteiger partial charge is 0.0903 e. The van der Waals surface area contributed by atoms with Gasteiger partial charge in [0.05, 0.1) is 0 Å². The summed E-state index contributed by atoms with van der Waals surface area (Å²) in [6.45, 7) is 0. The molecule has 0 saturated heterocycles. The number of benzene rings is 4. The fourth-order valence-electron chi connectivity index (χ4n) is 4.59. The van der Waals surface area contributed by atoms with Crippen molar-refractivity contribution in [3.8, 4) is 0 Å². The minimum atomic E-state index is -2.38. The third-order valence-electron chi connectivity index (χ3n) is 5.66. The van der Waals surface area contributed by atoms with E-state index in [4.69, 9.17) is 11.6 Å². The van der Waals surface area contributed by atoms with Crippen molar-refractivity contribution < 1.29 is 0 Å². The van der Waals surface area contributed by atoms with E-state index < -0.39 is 8.07 Å². The Balaban J connectivity index is 1.84. The molecule has 0 aromatic heterocycles. The normalized spacial score (nSPS) is 15.3. The lowest BCUT2D eigenvalue weighted by atomic mass is 10.3. The third-order valence-corrected chi connectivity index (χ3v) is 13.9. The molecule has 6 rings (SSSR count). The maximum Gasteiger partial charge on any atom is 0.184 e. The molecule has 0 amide bonds. The first-order valence-corrected chi connectivity index (χ1v) is 13.2. The first-order valence-electron chi connectivity index (χ1n) is 9.23. The molecule has 0 saturated carbocycles. The molecule has 2 aliphatic rings. The second kappa shape index (κ2) is 6.29. The van der Waals surface area contributed by atoms with Gasteiger partial charge in [0.25, 0.3) is 0 Å². The van der Waals surface area contributed by atoms with Gasteiger partial charge in [-0.3, -0.25) is 0 Å². The molecule has 0 aliphatic carbocycles. The molecule has 0 bridgehead atoms. The van der Waals surface area contributed by atoms with Crippen molar-refractivity contribution >= 4 is 63.9 Å². The van der Waals surface area contributed by atoms with E-state index in [9.17, 15) is 0 Å². The van der Waals surface area contributed by atoms with Crippen LogP contribution in [0.4, 0.5) is 0 Å². The molecule has 134 valence electrons. The fraction of sp³-hybridized carbons (Fsp3) is 0. The average Bonchev–Trinajstić information content (AvgIpc) is 2.73. The molecular formula is C24H15ClS2Si. The van der Waals surface area contributed by atoms with Crippen LogP contribution in [-0.4, -0.2) is 8.07 Å².